The van der Waals surface area contributed by atoms with Crippen LogP contribution in [0.4, 0.5) is 8.78 Å². The average Bonchev–Trinajstić information content (AvgIpc) is 2.37. The Morgan fingerprint density at radius 3 is 2.50 bits per heavy atom. The molecule has 0 N–H and O–H groups in total. The van der Waals surface area contributed by atoms with Gasteiger partial charge in [-0.3, -0.25) is 0 Å². The maximum absolute atomic E-state index is 13.4. The van der Waals surface area contributed by atoms with E-state index in [2.05, 4.69) is 31.9 Å². The van der Waals surface area contributed by atoms with Crippen molar-refractivity contribution in [2.75, 3.05) is 0 Å². The molecule has 18 heavy (non-hydrogen) atoms. The highest BCUT2D eigenvalue weighted by Crippen LogP contribution is 2.32. The summed E-state index contributed by atoms with van der Waals surface area (Å²) >= 11 is 6.66. The Balaban J connectivity index is 2.31. The second-order valence-electron chi connectivity index (χ2n) is 3.55. The van der Waals surface area contributed by atoms with Gasteiger partial charge < -0.3 is 4.74 Å². The zero-order chi connectivity index (χ0) is 13.1. The maximum atomic E-state index is 13.4. The van der Waals surface area contributed by atoms with E-state index in [1.165, 1.54) is 12.1 Å². The summed E-state index contributed by atoms with van der Waals surface area (Å²) < 4.78 is 32.5. The highest BCUT2D eigenvalue weighted by atomic mass is 79.9. The normalized spacial score (nSPS) is 10.4. The predicted molar refractivity (Wildman–Crippen MR) is 73.2 cm³/mol. The van der Waals surface area contributed by atoms with Crippen molar-refractivity contribution in [3.8, 4) is 11.5 Å². The fourth-order valence-corrected chi connectivity index (χ4v) is 2.25. The Hall–Kier alpha value is -0.940. The van der Waals surface area contributed by atoms with Gasteiger partial charge in [-0.05, 0) is 45.8 Å². The molecule has 0 amide bonds. The minimum Gasteiger partial charge on any atom is -0.453 e. The van der Waals surface area contributed by atoms with E-state index >= 15 is 0 Å². The summed E-state index contributed by atoms with van der Waals surface area (Å²) in [6.07, 6.45) is 0. The van der Waals surface area contributed by atoms with Gasteiger partial charge in [0.15, 0.2) is 11.6 Å². The molecule has 0 aromatic heterocycles. The van der Waals surface area contributed by atoms with Crippen LogP contribution in [0, 0.1) is 11.6 Å². The Bertz CT molecular complexity index is 573. The SMILES string of the molecule is Fc1cccc(Oc2ccc(CBr)cc2Br)c1F. The molecule has 2 aromatic rings. The van der Waals surface area contributed by atoms with Gasteiger partial charge in [-0.15, -0.1) is 0 Å². The van der Waals surface area contributed by atoms with E-state index in [4.69, 9.17) is 4.74 Å². The lowest BCUT2D eigenvalue weighted by atomic mass is 10.2. The van der Waals surface area contributed by atoms with E-state index in [0.29, 0.717) is 15.6 Å². The molecule has 0 saturated heterocycles. The van der Waals surface area contributed by atoms with Crippen LogP contribution in [0.2, 0.25) is 0 Å². The lowest BCUT2D eigenvalue weighted by molar-refractivity contribution is 0.414. The molecule has 0 heterocycles. The molecule has 0 atom stereocenters. The van der Waals surface area contributed by atoms with Gasteiger partial charge in [0.25, 0.3) is 0 Å². The molecule has 0 unspecified atom stereocenters. The van der Waals surface area contributed by atoms with Crippen molar-refractivity contribution in [2.45, 2.75) is 5.33 Å². The summed E-state index contributed by atoms with van der Waals surface area (Å²) in [4.78, 5) is 0. The van der Waals surface area contributed by atoms with Crippen LogP contribution in [0.15, 0.2) is 40.9 Å². The zero-order valence-corrected chi connectivity index (χ0v) is 12.3. The van der Waals surface area contributed by atoms with Gasteiger partial charge in [-0.25, -0.2) is 4.39 Å². The lowest BCUT2D eigenvalue weighted by Crippen LogP contribution is -1.92. The maximum Gasteiger partial charge on any atom is 0.201 e. The summed E-state index contributed by atoms with van der Waals surface area (Å²) in [5.74, 6) is -1.62. The summed E-state index contributed by atoms with van der Waals surface area (Å²) in [7, 11) is 0. The van der Waals surface area contributed by atoms with Crippen molar-refractivity contribution >= 4 is 31.9 Å². The van der Waals surface area contributed by atoms with Crippen LogP contribution in [0.3, 0.4) is 0 Å². The molecule has 94 valence electrons. The van der Waals surface area contributed by atoms with Crippen LogP contribution < -0.4 is 4.74 Å². The molecular weight excluding hydrogens is 370 g/mol. The predicted octanol–water partition coefficient (Wildman–Crippen LogP) is 5.41. The van der Waals surface area contributed by atoms with Crippen molar-refractivity contribution in [2.24, 2.45) is 0 Å². The van der Waals surface area contributed by atoms with Crippen molar-refractivity contribution in [1.29, 1.82) is 0 Å². The molecule has 0 radical (unpaired) electrons. The smallest absolute Gasteiger partial charge is 0.201 e. The molecule has 0 aliphatic carbocycles. The first-order valence-corrected chi connectivity index (χ1v) is 6.99. The Kier molecular flexibility index (Phi) is 4.35. The molecule has 0 fully saturated rings. The molecule has 1 nitrogen and oxygen atoms in total. The van der Waals surface area contributed by atoms with Gasteiger partial charge in [-0.2, -0.15) is 4.39 Å². The monoisotopic (exact) mass is 376 g/mol. The van der Waals surface area contributed by atoms with Gasteiger partial charge in [0.05, 0.1) is 4.47 Å². The summed E-state index contributed by atoms with van der Waals surface area (Å²) in [6, 6.07) is 9.21. The first-order chi connectivity index (χ1) is 8.61. The second kappa shape index (κ2) is 5.80. The molecular formula is C13H8Br2F2O. The fraction of sp³-hybridized carbons (Fsp3) is 0.0769. The number of ether oxygens (including phenoxy) is 1. The van der Waals surface area contributed by atoms with Gasteiger partial charge in [0.1, 0.15) is 5.75 Å². The lowest BCUT2D eigenvalue weighted by Gasteiger charge is -2.09. The van der Waals surface area contributed by atoms with Gasteiger partial charge in [-0.1, -0.05) is 28.1 Å². The highest BCUT2D eigenvalue weighted by Gasteiger charge is 2.11. The number of halogens is 4. The first-order valence-electron chi connectivity index (χ1n) is 5.08. The van der Waals surface area contributed by atoms with E-state index in [1.54, 1.807) is 6.07 Å². The third kappa shape index (κ3) is 2.90. The zero-order valence-electron chi connectivity index (χ0n) is 9.09. The van der Waals surface area contributed by atoms with Crippen molar-refractivity contribution in [3.63, 3.8) is 0 Å². The molecule has 0 bridgehead atoms. The Morgan fingerprint density at radius 2 is 1.83 bits per heavy atom. The minimum absolute atomic E-state index is 0.137. The number of hydrogen-bond donors (Lipinski definition) is 0. The summed E-state index contributed by atoms with van der Waals surface area (Å²) in [6.45, 7) is 0. The van der Waals surface area contributed by atoms with Gasteiger partial charge in [0.2, 0.25) is 5.82 Å². The standard InChI is InChI=1S/C13H8Br2F2O/c14-7-8-4-5-11(9(15)6-8)18-12-3-1-2-10(16)13(12)17/h1-6H,7H2. The van der Waals surface area contributed by atoms with Crippen molar-refractivity contribution in [1.82, 2.24) is 0 Å². The molecule has 0 saturated carbocycles. The van der Waals surface area contributed by atoms with E-state index in [9.17, 15) is 8.78 Å². The van der Waals surface area contributed by atoms with Gasteiger partial charge in [0, 0.05) is 5.33 Å². The van der Waals surface area contributed by atoms with Crippen LogP contribution in [-0.2, 0) is 5.33 Å². The number of hydrogen-bond acceptors (Lipinski definition) is 1. The second-order valence-corrected chi connectivity index (χ2v) is 4.97. The van der Waals surface area contributed by atoms with E-state index in [-0.39, 0.29) is 5.75 Å². The average molecular weight is 378 g/mol. The van der Waals surface area contributed by atoms with Crippen LogP contribution in [-0.4, -0.2) is 0 Å². The topological polar surface area (TPSA) is 9.23 Å². The number of benzene rings is 2. The Morgan fingerprint density at radius 1 is 1.06 bits per heavy atom. The minimum atomic E-state index is -0.992. The third-order valence-corrected chi connectivity index (χ3v) is 3.55. The van der Waals surface area contributed by atoms with Crippen LogP contribution in [0.25, 0.3) is 0 Å². The highest BCUT2D eigenvalue weighted by molar-refractivity contribution is 9.10. The fourth-order valence-electron chi connectivity index (χ4n) is 1.39. The first kappa shape index (κ1) is 13.5. The third-order valence-electron chi connectivity index (χ3n) is 2.29. The molecule has 5 heteroatoms. The Labute approximate surface area is 120 Å². The molecule has 0 aliphatic heterocycles. The summed E-state index contributed by atoms with van der Waals surface area (Å²) in [5, 5.41) is 0.709. The van der Waals surface area contributed by atoms with Crippen LogP contribution in [0.5, 0.6) is 11.5 Å². The van der Waals surface area contributed by atoms with E-state index in [0.717, 1.165) is 11.6 Å². The summed E-state index contributed by atoms with van der Waals surface area (Å²) in [5.41, 5.74) is 1.05. The van der Waals surface area contributed by atoms with Crippen LogP contribution >= 0.6 is 31.9 Å². The number of rotatable bonds is 3. The van der Waals surface area contributed by atoms with E-state index in [1.807, 2.05) is 12.1 Å². The quantitative estimate of drug-likeness (QED) is 0.649. The molecule has 2 aromatic carbocycles. The van der Waals surface area contributed by atoms with Crippen molar-refractivity contribution in [3.05, 3.63) is 58.1 Å². The van der Waals surface area contributed by atoms with Crippen LogP contribution in [0.1, 0.15) is 5.56 Å². The molecule has 2 rings (SSSR count). The van der Waals surface area contributed by atoms with Crippen molar-refractivity contribution < 1.29 is 13.5 Å². The largest absolute Gasteiger partial charge is 0.453 e. The molecule has 0 spiro atoms. The number of alkyl halides is 1. The van der Waals surface area contributed by atoms with E-state index < -0.39 is 11.6 Å². The van der Waals surface area contributed by atoms with Gasteiger partial charge >= 0.3 is 0 Å². The molecule has 0 aliphatic rings.